The highest BCUT2D eigenvalue weighted by Crippen LogP contribution is 2.39. The minimum Gasteiger partial charge on any atom is -0.338 e. The minimum atomic E-state index is 0.645. The summed E-state index contributed by atoms with van der Waals surface area (Å²) in [6.07, 6.45) is 2.52. The summed E-state index contributed by atoms with van der Waals surface area (Å²) in [5.74, 6) is 4.20. The molecule has 2 aliphatic rings. The van der Waals surface area contributed by atoms with E-state index in [4.69, 9.17) is 4.52 Å². The van der Waals surface area contributed by atoms with Gasteiger partial charge in [-0.05, 0) is 24.3 Å². The topological polar surface area (TPSA) is 72.9 Å². The summed E-state index contributed by atoms with van der Waals surface area (Å²) in [6, 6.07) is 3.99. The summed E-state index contributed by atoms with van der Waals surface area (Å²) in [6.45, 7) is 3.35. The SMILES string of the molecule is c1csc(-c2noc(CN3CCn4c(nnc4C4CC4)C3)n2)c1. The van der Waals surface area contributed by atoms with E-state index in [0.717, 1.165) is 30.3 Å². The smallest absolute Gasteiger partial charge is 0.241 e. The highest BCUT2D eigenvalue weighted by molar-refractivity contribution is 7.13. The van der Waals surface area contributed by atoms with Crippen LogP contribution in [0.15, 0.2) is 22.0 Å². The van der Waals surface area contributed by atoms with Gasteiger partial charge in [-0.25, -0.2) is 0 Å². The van der Waals surface area contributed by atoms with E-state index in [1.165, 1.54) is 18.7 Å². The van der Waals surface area contributed by atoms with E-state index in [9.17, 15) is 0 Å². The molecule has 1 saturated carbocycles. The van der Waals surface area contributed by atoms with Crippen molar-refractivity contribution >= 4 is 11.3 Å². The largest absolute Gasteiger partial charge is 0.338 e. The molecule has 8 heteroatoms. The molecular formula is C15H16N6OS. The molecule has 1 fully saturated rings. The molecule has 0 aromatic carbocycles. The number of aromatic nitrogens is 5. The summed E-state index contributed by atoms with van der Waals surface area (Å²) in [5, 5.41) is 14.8. The predicted molar refractivity (Wildman–Crippen MR) is 83.7 cm³/mol. The molecule has 7 nitrogen and oxygen atoms in total. The van der Waals surface area contributed by atoms with Crippen LogP contribution in [0.5, 0.6) is 0 Å². The lowest BCUT2D eigenvalue weighted by Crippen LogP contribution is -2.34. The molecule has 0 N–H and O–H groups in total. The molecule has 23 heavy (non-hydrogen) atoms. The average molecular weight is 328 g/mol. The van der Waals surface area contributed by atoms with Crippen LogP contribution in [0.3, 0.4) is 0 Å². The number of hydrogen-bond donors (Lipinski definition) is 0. The van der Waals surface area contributed by atoms with Gasteiger partial charge in [0.2, 0.25) is 11.7 Å². The van der Waals surface area contributed by atoms with E-state index in [0.29, 0.717) is 24.2 Å². The van der Waals surface area contributed by atoms with Crippen LogP contribution in [0.25, 0.3) is 10.7 Å². The first-order chi connectivity index (χ1) is 11.4. The van der Waals surface area contributed by atoms with E-state index in [2.05, 4.69) is 29.8 Å². The van der Waals surface area contributed by atoms with Gasteiger partial charge >= 0.3 is 0 Å². The van der Waals surface area contributed by atoms with E-state index in [-0.39, 0.29) is 0 Å². The molecule has 0 bridgehead atoms. The van der Waals surface area contributed by atoms with Crippen molar-refractivity contribution < 1.29 is 4.52 Å². The number of nitrogens with zero attached hydrogens (tertiary/aromatic N) is 6. The fraction of sp³-hybridized carbons (Fsp3) is 0.467. The molecule has 0 amide bonds. The van der Waals surface area contributed by atoms with Crippen LogP contribution in [0, 0.1) is 0 Å². The van der Waals surface area contributed by atoms with Crippen LogP contribution in [0.2, 0.25) is 0 Å². The maximum absolute atomic E-state index is 5.39. The van der Waals surface area contributed by atoms with Crippen LogP contribution in [-0.4, -0.2) is 36.3 Å². The first kappa shape index (κ1) is 13.4. The van der Waals surface area contributed by atoms with Crippen molar-refractivity contribution in [2.75, 3.05) is 6.54 Å². The lowest BCUT2D eigenvalue weighted by atomic mass is 10.3. The second kappa shape index (κ2) is 5.24. The number of fused-ring (bicyclic) bond motifs is 1. The highest BCUT2D eigenvalue weighted by atomic mass is 32.1. The van der Waals surface area contributed by atoms with Gasteiger partial charge in [0, 0.05) is 19.0 Å². The maximum atomic E-state index is 5.39. The minimum absolute atomic E-state index is 0.645. The summed E-state index contributed by atoms with van der Waals surface area (Å²) >= 11 is 1.62. The normalized spacial score (nSPS) is 18.3. The molecular weight excluding hydrogens is 312 g/mol. The third-order valence-electron chi connectivity index (χ3n) is 4.37. The van der Waals surface area contributed by atoms with Crippen molar-refractivity contribution in [3.05, 3.63) is 35.1 Å². The van der Waals surface area contributed by atoms with Gasteiger partial charge in [-0.15, -0.1) is 21.5 Å². The van der Waals surface area contributed by atoms with Crippen molar-refractivity contribution in [1.29, 1.82) is 0 Å². The maximum Gasteiger partial charge on any atom is 0.241 e. The van der Waals surface area contributed by atoms with Crippen molar-refractivity contribution in [2.45, 2.75) is 38.4 Å². The molecule has 1 aliphatic heterocycles. The molecule has 3 aromatic rings. The van der Waals surface area contributed by atoms with Crippen LogP contribution < -0.4 is 0 Å². The first-order valence-electron chi connectivity index (χ1n) is 7.87. The highest BCUT2D eigenvalue weighted by Gasteiger charge is 2.32. The van der Waals surface area contributed by atoms with E-state index in [1.807, 2.05) is 17.5 Å². The fourth-order valence-electron chi connectivity index (χ4n) is 3.02. The molecule has 1 aliphatic carbocycles. The molecule has 118 valence electrons. The lowest BCUT2D eigenvalue weighted by molar-refractivity contribution is 0.182. The summed E-state index contributed by atoms with van der Waals surface area (Å²) < 4.78 is 7.68. The van der Waals surface area contributed by atoms with Gasteiger partial charge < -0.3 is 9.09 Å². The zero-order chi connectivity index (χ0) is 15.2. The molecule has 4 heterocycles. The Hall–Kier alpha value is -2.06. The second-order valence-corrected chi connectivity index (χ2v) is 7.05. The van der Waals surface area contributed by atoms with E-state index >= 15 is 0 Å². The monoisotopic (exact) mass is 328 g/mol. The number of thiophene rings is 1. The molecule has 3 aromatic heterocycles. The van der Waals surface area contributed by atoms with Crippen molar-refractivity contribution in [1.82, 2.24) is 29.8 Å². The van der Waals surface area contributed by atoms with Gasteiger partial charge in [0.25, 0.3) is 0 Å². The molecule has 0 spiro atoms. The van der Waals surface area contributed by atoms with E-state index in [1.54, 1.807) is 11.3 Å². The zero-order valence-electron chi connectivity index (χ0n) is 12.6. The van der Waals surface area contributed by atoms with Gasteiger partial charge in [0.1, 0.15) is 11.6 Å². The van der Waals surface area contributed by atoms with Gasteiger partial charge in [-0.3, -0.25) is 4.90 Å². The summed E-state index contributed by atoms with van der Waals surface area (Å²) in [7, 11) is 0. The molecule has 5 rings (SSSR count). The van der Waals surface area contributed by atoms with Crippen molar-refractivity contribution in [2.24, 2.45) is 0 Å². The summed E-state index contributed by atoms with van der Waals surface area (Å²) in [4.78, 5) is 7.81. The van der Waals surface area contributed by atoms with Gasteiger partial charge in [-0.1, -0.05) is 11.2 Å². The van der Waals surface area contributed by atoms with Crippen LogP contribution in [0.4, 0.5) is 0 Å². The number of rotatable bonds is 4. The van der Waals surface area contributed by atoms with Crippen LogP contribution in [0.1, 0.15) is 36.3 Å². The molecule has 0 radical (unpaired) electrons. The Morgan fingerprint density at radius 2 is 2.22 bits per heavy atom. The van der Waals surface area contributed by atoms with Gasteiger partial charge in [0.15, 0.2) is 0 Å². The van der Waals surface area contributed by atoms with Crippen LogP contribution in [-0.2, 0) is 19.6 Å². The third-order valence-corrected chi connectivity index (χ3v) is 5.24. The van der Waals surface area contributed by atoms with Gasteiger partial charge in [-0.2, -0.15) is 4.98 Å². The van der Waals surface area contributed by atoms with Crippen molar-refractivity contribution in [3.63, 3.8) is 0 Å². The second-order valence-electron chi connectivity index (χ2n) is 6.10. The Morgan fingerprint density at radius 1 is 1.26 bits per heavy atom. The Labute approximate surface area is 137 Å². The van der Waals surface area contributed by atoms with Crippen molar-refractivity contribution in [3.8, 4) is 10.7 Å². The third kappa shape index (κ3) is 2.47. The Balaban J connectivity index is 1.30. The first-order valence-corrected chi connectivity index (χ1v) is 8.75. The number of hydrogen-bond acceptors (Lipinski definition) is 7. The molecule has 0 saturated heterocycles. The Bertz CT molecular complexity index is 819. The van der Waals surface area contributed by atoms with Crippen LogP contribution >= 0.6 is 11.3 Å². The Kier molecular flexibility index (Phi) is 3.05. The fourth-order valence-corrected chi connectivity index (χ4v) is 3.67. The summed E-state index contributed by atoms with van der Waals surface area (Å²) in [5.41, 5.74) is 0. The lowest BCUT2D eigenvalue weighted by Gasteiger charge is -2.26. The standard InChI is InChI=1S/C15H16N6OS/c1-2-11(23-7-1)14-16-13(22-19-14)9-20-5-6-21-12(8-20)17-18-15(21)10-3-4-10/h1-2,7,10H,3-6,8-9H2. The quantitative estimate of drug-likeness (QED) is 0.731. The molecule has 0 unspecified atom stereocenters. The predicted octanol–water partition coefficient (Wildman–Crippen LogP) is 2.28. The van der Waals surface area contributed by atoms with E-state index < -0.39 is 0 Å². The Morgan fingerprint density at radius 3 is 3.04 bits per heavy atom. The average Bonchev–Trinajstić information content (AvgIpc) is 2.99. The zero-order valence-corrected chi connectivity index (χ0v) is 13.4. The molecule has 0 atom stereocenters. The van der Waals surface area contributed by atoms with Gasteiger partial charge in [0.05, 0.1) is 18.0 Å².